The number of nitrogens with zero attached hydrogens (tertiary/aromatic N) is 1. The van der Waals surface area contributed by atoms with E-state index in [1.807, 2.05) is 0 Å². The lowest BCUT2D eigenvalue weighted by Gasteiger charge is -2.12. The summed E-state index contributed by atoms with van der Waals surface area (Å²) in [6.07, 6.45) is 1.02. The van der Waals surface area contributed by atoms with E-state index in [0.717, 1.165) is 6.20 Å². The molecule has 66 valence electrons. The molecule has 0 aliphatic heterocycles. The molecule has 0 amide bonds. The average molecular weight is 193 g/mol. The van der Waals surface area contributed by atoms with E-state index in [2.05, 4.69) is 4.98 Å². The van der Waals surface area contributed by atoms with Crippen molar-refractivity contribution in [2.24, 2.45) is 5.73 Å². The molecule has 0 bridgehead atoms. The second kappa shape index (κ2) is 3.33. The number of hydrogen-bond donors (Lipinski definition) is 1. The molecule has 0 fully saturated rings. The van der Waals surface area contributed by atoms with Crippen LogP contribution in [0.25, 0.3) is 0 Å². The van der Waals surface area contributed by atoms with Crippen LogP contribution in [0.2, 0.25) is 5.15 Å². The molecule has 0 aliphatic carbocycles. The maximum atomic E-state index is 12.8. The van der Waals surface area contributed by atoms with E-state index < -0.39 is 12.5 Å². The van der Waals surface area contributed by atoms with E-state index in [9.17, 15) is 8.78 Å². The van der Waals surface area contributed by atoms with Crippen LogP contribution in [0.15, 0.2) is 18.3 Å². The van der Waals surface area contributed by atoms with Gasteiger partial charge in [-0.25, -0.2) is 4.98 Å². The van der Waals surface area contributed by atoms with Crippen LogP contribution in [0.5, 0.6) is 0 Å². The molecule has 1 heterocycles. The van der Waals surface area contributed by atoms with Gasteiger partial charge >= 0.3 is 0 Å². The minimum Gasteiger partial charge on any atom is -0.325 e. The van der Waals surface area contributed by atoms with Crippen molar-refractivity contribution in [2.45, 2.75) is 5.92 Å². The second-order valence-corrected chi connectivity index (χ2v) is 2.67. The number of alkyl halides is 2. The van der Waals surface area contributed by atoms with Gasteiger partial charge in [-0.15, -0.1) is 0 Å². The predicted octanol–water partition coefficient (Wildman–Crippen LogP) is 1.79. The van der Waals surface area contributed by atoms with Crippen LogP contribution >= 0.6 is 11.6 Å². The Bertz CT molecular complexity index is 261. The quantitative estimate of drug-likeness (QED) is 0.726. The fourth-order valence-electron chi connectivity index (χ4n) is 0.710. The van der Waals surface area contributed by atoms with Gasteiger partial charge in [-0.1, -0.05) is 11.6 Å². The molecule has 1 rings (SSSR count). The standard InChI is InChI=1S/C7H7ClF2N2/c8-6-2-1-5(3-12-6)7(9,10)4-11/h1-3H,4,11H2. The van der Waals surface area contributed by atoms with Crippen molar-refractivity contribution in [3.8, 4) is 0 Å². The highest BCUT2D eigenvalue weighted by Gasteiger charge is 2.29. The largest absolute Gasteiger partial charge is 0.325 e. The molecule has 0 saturated heterocycles. The lowest BCUT2D eigenvalue weighted by molar-refractivity contribution is 0.00562. The third-order valence-corrected chi connectivity index (χ3v) is 1.63. The van der Waals surface area contributed by atoms with Crippen LogP contribution in [0.3, 0.4) is 0 Å². The summed E-state index contributed by atoms with van der Waals surface area (Å²) in [5, 5.41) is 0.187. The Morgan fingerprint density at radius 3 is 2.58 bits per heavy atom. The van der Waals surface area contributed by atoms with Gasteiger partial charge in [0.25, 0.3) is 5.92 Å². The molecule has 0 atom stereocenters. The maximum Gasteiger partial charge on any atom is 0.286 e. The van der Waals surface area contributed by atoms with Crippen molar-refractivity contribution in [1.82, 2.24) is 4.98 Å². The number of hydrogen-bond acceptors (Lipinski definition) is 2. The maximum absolute atomic E-state index is 12.8. The molecule has 1 aromatic heterocycles. The van der Waals surface area contributed by atoms with Crippen molar-refractivity contribution in [2.75, 3.05) is 6.54 Å². The Morgan fingerprint density at radius 2 is 2.17 bits per heavy atom. The Hall–Kier alpha value is -0.740. The van der Waals surface area contributed by atoms with E-state index in [1.165, 1.54) is 12.1 Å². The van der Waals surface area contributed by atoms with Gasteiger partial charge < -0.3 is 5.73 Å². The van der Waals surface area contributed by atoms with Gasteiger partial charge in [0.2, 0.25) is 0 Å². The van der Waals surface area contributed by atoms with Gasteiger partial charge in [0.1, 0.15) is 5.15 Å². The molecule has 5 heteroatoms. The zero-order valence-electron chi connectivity index (χ0n) is 6.10. The van der Waals surface area contributed by atoms with E-state index in [0.29, 0.717) is 0 Å². The summed E-state index contributed by atoms with van der Waals surface area (Å²) in [5.41, 5.74) is 4.65. The minimum atomic E-state index is -3.02. The smallest absolute Gasteiger partial charge is 0.286 e. The van der Waals surface area contributed by atoms with Crippen molar-refractivity contribution in [3.63, 3.8) is 0 Å². The first kappa shape index (κ1) is 9.35. The summed E-state index contributed by atoms with van der Waals surface area (Å²) in [6.45, 7) is -0.726. The Morgan fingerprint density at radius 1 is 1.50 bits per heavy atom. The average Bonchev–Trinajstić information content (AvgIpc) is 2.05. The number of rotatable bonds is 2. The first-order chi connectivity index (χ1) is 5.56. The van der Waals surface area contributed by atoms with Crippen LogP contribution in [-0.2, 0) is 5.92 Å². The van der Waals surface area contributed by atoms with Gasteiger partial charge in [0.15, 0.2) is 0 Å². The van der Waals surface area contributed by atoms with Gasteiger partial charge in [0, 0.05) is 11.8 Å². The third-order valence-electron chi connectivity index (χ3n) is 1.41. The molecule has 0 unspecified atom stereocenters. The van der Waals surface area contributed by atoms with Crippen molar-refractivity contribution in [3.05, 3.63) is 29.0 Å². The highest BCUT2D eigenvalue weighted by Crippen LogP contribution is 2.25. The SMILES string of the molecule is NCC(F)(F)c1ccc(Cl)nc1. The van der Waals surface area contributed by atoms with Crippen LogP contribution in [0.1, 0.15) is 5.56 Å². The van der Waals surface area contributed by atoms with Crippen molar-refractivity contribution in [1.29, 1.82) is 0 Å². The van der Waals surface area contributed by atoms with Crippen molar-refractivity contribution >= 4 is 11.6 Å². The Kier molecular flexibility index (Phi) is 2.59. The molecule has 0 aliphatic rings. The summed E-state index contributed by atoms with van der Waals surface area (Å²) < 4.78 is 25.6. The van der Waals surface area contributed by atoms with E-state index in [1.54, 1.807) is 0 Å². The number of aromatic nitrogens is 1. The van der Waals surface area contributed by atoms with E-state index in [4.69, 9.17) is 17.3 Å². The molecule has 0 aromatic carbocycles. The van der Waals surface area contributed by atoms with Crippen LogP contribution in [0, 0.1) is 0 Å². The molecule has 1 aromatic rings. The lowest BCUT2D eigenvalue weighted by atomic mass is 10.1. The molecular weight excluding hydrogens is 186 g/mol. The first-order valence-electron chi connectivity index (χ1n) is 3.26. The van der Waals surface area contributed by atoms with Gasteiger partial charge in [-0.2, -0.15) is 8.78 Å². The van der Waals surface area contributed by atoms with Gasteiger partial charge in [-0.3, -0.25) is 0 Å². The summed E-state index contributed by atoms with van der Waals surface area (Å²) in [5.74, 6) is -3.02. The monoisotopic (exact) mass is 192 g/mol. The highest BCUT2D eigenvalue weighted by atomic mass is 35.5. The summed E-state index contributed by atoms with van der Waals surface area (Å²) in [7, 11) is 0. The molecule has 2 N–H and O–H groups in total. The molecule has 0 spiro atoms. The number of halogens is 3. The fourth-order valence-corrected chi connectivity index (χ4v) is 0.822. The summed E-state index contributed by atoms with van der Waals surface area (Å²) in [4.78, 5) is 3.52. The van der Waals surface area contributed by atoms with Crippen LogP contribution in [-0.4, -0.2) is 11.5 Å². The van der Waals surface area contributed by atoms with Gasteiger partial charge in [-0.05, 0) is 12.1 Å². The van der Waals surface area contributed by atoms with Gasteiger partial charge in [0.05, 0.1) is 6.54 Å². The predicted molar refractivity (Wildman–Crippen MR) is 42.2 cm³/mol. The topological polar surface area (TPSA) is 38.9 Å². The lowest BCUT2D eigenvalue weighted by Crippen LogP contribution is -2.25. The Labute approximate surface area is 73.4 Å². The molecule has 0 radical (unpaired) electrons. The number of pyridine rings is 1. The zero-order chi connectivity index (χ0) is 9.19. The van der Waals surface area contributed by atoms with E-state index in [-0.39, 0.29) is 10.7 Å². The van der Waals surface area contributed by atoms with Crippen LogP contribution in [0.4, 0.5) is 8.78 Å². The molecule has 12 heavy (non-hydrogen) atoms. The summed E-state index contributed by atoms with van der Waals surface area (Å²) >= 11 is 5.42. The molecular formula is C7H7ClF2N2. The van der Waals surface area contributed by atoms with E-state index >= 15 is 0 Å². The molecule has 0 saturated carbocycles. The highest BCUT2D eigenvalue weighted by molar-refractivity contribution is 6.29. The fraction of sp³-hybridized carbons (Fsp3) is 0.286. The third kappa shape index (κ3) is 1.89. The number of nitrogens with two attached hydrogens (primary N) is 1. The van der Waals surface area contributed by atoms with Crippen LogP contribution < -0.4 is 5.73 Å². The van der Waals surface area contributed by atoms with Crippen molar-refractivity contribution < 1.29 is 8.78 Å². The minimum absolute atomic E-state index is 0.187. The Balaban J connectivity index is 2.96. The second-order valence-electron chi connectivity index (χ2n) is 2.28. The first-order valence-corrected chi connectivity index (χ1v) is 3.64. The normalized spacial score (nSPS) is 11.7. The summed E-state index contributed by atoms with van der Waals surface area (Å²) in [6, 6.07) is 2.52. The zero-order valence-corrected chi connectivity index (χ0v) is 6.85. The molecule has 2 nitrogen and oxygen atoms in total.